The molecule has 1 aliphatic heterocycles. The molecule has 1 fully saturated rings. The first-order valence-electron chi connectivity index (χ1n) is 9.00. The number of anilines is 2. The molecule has 1 aromatic rings. The third-order valence-corrected chi connectivity index (χ3v) is 4.28. The van der Waals surface area contributed by atoms with Gasteiger partial charge in [-0.2, -0.15) is 4.98 Å². The van der Waals surface area contributed by atoms with Crippen LogP contribution in [0.5, 0.6) is 0 Å². The zero-order valence-electron chi connectivity index (χ0n) is 16.9. The summed E-state index contributed by atoms with van der Waals surface area (Å²) >= 11 is 0. The highest BCUT2D eigenvalue weighted by Gasteiger charge is 2.21. The number of allylic oxidation sites excluding steroid dienone is 2. The maximum atomic E-state index is 6.02. The molecule has 27 heavy (non-hydrogen) atoms. The first-order chi connectivity index (χ1) is 12.9. The quantitative estimate of drug-likeness (QED) is 0.390. The smallest absolute Gasteiger partial charge is 0.256 e. The molecule has 1 aromatic heterocycles. The molecule has 0 radical (unpaired) electrons. The number of ether oxygens (including phenoxy) is 2. The van der Waals surface area contributed by atoms with Crippen molar-refractivity contribution in [3.05, 3.63) is 35.2 Å². The van der Waals surface area contributed by atoms with E-state index in [1.165, 1.54) is 0 Å². The van der Waals surface area contributed by atoms with Crippen LogP contribution in [-0.2, 0) is 9.47 Å². The third-order valence-electron chi connectivity index (χ3n) is 4.28. The summed E-state index contributed by atoms with van der Waals surface area (Å²) in [6, 6.07) is 1.88. The molecule has 1 atom stereocenters. The van der Waals surface area contributed by atoms with Gasteiger partial charge in [-0.05, 0) is 40.6 Å². The molecule has 148 valence electrons. The minimum atomic E-state index is 0.351. The molecule has 2 rings (SSSR count). The predicted octanol–water partition coefficient (Wildman–Crippen LogP) is 2.63. The van der Waals surface area contributed by atoms with E-state index >= 15 is 0 Å². The van der Waals surface area contributed by atoms with Crippen molar-refractivity contribution >= 4 is 18.5 Å². The second-order valence-electron chi connectivity index (χ2n) is 6.68. The van der Waals surface area contributed by atoms with E-state index in [0.29, 0.717) is 30.1 Å². The van der Waals surface area contributed by atoms with Crippen LogP contribution in [0.4, 0.5) is 11.8 Å². The van der Waals surface area contributed by atoms with Crippen molar-refractivity contribution in [1.82, 2.24) is 14.9 Å². The van der Waals surface area contributed by atoms with Gasteiger partial charge < -0.3 is 25.0 Å². The molecule has 0 aromatic carbocycles. The van der Waals surface area contributed by atoms with Crippen molar-refractivity contribution in [2.24, 2.45) is 10.9 Å². The van der Waals surface area contributed by atoms with E-state index in [2.05, 4.69) is 44.3 Å². The van der Waals surface area contributed by atoms with Crippen LogP contribution in [0.25, 0.3) is 0 Å². The summed E-state index contributed by atoms with van der Waals surface area (Å²) in [5.74, 6) is 2.64. The van der Waals surface area contributed by atoms with Crippen LogP contribution >= 0.6 is 0 Å². The van der Waals surface area contributed by atoms with Gasteiger partial charge in [-0.15, -0.1) is 0 Å². The summed E-state index contributed by atoms with van der Waals surface area (Å²) in [6.07, 6.45) is 2.95. The van der Waals surface area contributed by atoms with E-state index in [-0.39, 0.29) is 0 Å². The van der Waals surface area contributed by atoms with Crippen LogP contribution in [0.15, 0.2) is 34.5 Å². The molecular formula is C19H30N6O2. The van der Waals surface area contributed by atoms with E-state index in [9.17, 15) is 0 Å². The molecule has 1 saturated heterocycles. The number of aromatic nitrogens is 2. The Labute approximate surface area is 161 Å². The van der Waals surface area contributed by atoms with Gasteiger partial charge in [0.25, 0.3) is 5.88 Å². The second-order valence-corrected chi connectivity index (χ2v) is 6.68. The molecule has 8 nitrogen and oxygen atoms in total. The molecule has 1 unspecified atom stereocenters. The molecule has 2 heterocycles. The monoisotopic (exact) mass is 374 g/mol. The van der Waals surface area contributed by atoms with Gasteiger partial charge >= 0.3 is 0 Å². The van der Waals surface area contributed by atoms with Gasteiger partial charge in [-0.25, -0.2) is 9.98 Å². The van der Waals surface area contributed by atoms with Crippen LogP contribution in [0.3, 0.4) is 0 Å². The van der Waals surface area contributed by atoms with Crippen LogP contribution in [0.2, 0.25) is 0 Å². The van der Waals surface area contributed by atoms with Crippen LogP contribution in [0.1, 0.15) is 19.0 Å². The summed E-state index contributed by atoms with van der Waals surface area (Å²) in [6.45, 7) is 10.1. The Morgan fingerprint density at radius 3 is 2.85 bits per heavy atom. The van der Waals surface area contributed by atoms with E-state index < -0.39 is 0 Å². The number of nitrogens with one attached hydrogen (secondary N) is 2. The Kier molecular flexibility index (Phi) is 7.60. The average molecular weight is 374 g/mol. The minimum Gasteiger partial charge on any atom is -0.488 e. The van der Waals surface area contributed by atoms with Gasteiger partial charge in [0, 0.05) is 43.0 Å². The zero-order valence-corrected chi connectivity index (χ0v) is 16.9. The summed E-state index contributed by atoms with van der Waals surface area (Å²) in [7, 11) is 5.50. The van der Waals surface area contributed by atoms with Gasteiger partial charge in [0.05, 0.1) is 13.7 Å². The highest BCUT2D eigenvalue weighted by Crippen LogP contribution is 2.19. The van der Waals surface area contributed by atoms with Gasteiger partial charge in [-0.3, -0.25) is 0 Å². The van der Waals surface area contributed by atoms with Crippen molar-refractivity contribution in [1.29, 1.82) is 0 Å². The molecule has 0 amide bonds. The third kappa shape index (κ3) is 6.25. The van der Waals surface area contributed by atoms with E-state index in [1.54, 1.807) is 7.11 Å². The summed E-state index contributed by atoms with van der Waals surface area (Å²) < 4.78 is 11.3. The fraction of sp³-hybridized carbons (Fsp3) is 0.526. The molecule has 1 aliphatic rings. The van der Waals surface area contributed by atoms with Crippen molar-refractivity contribution in [3.8, 4) is 0 Å². The molecular weight excluding hydrogens is 344 g/mol. The van der Waals surface area contributed by atoms with Crippen LogP contribution in [0, 0.1) is 12.8 Å². The lowest BCUT2D eigenvalue weighted by Crippen LogP contribution is -2.17. The number of hydrogen-bond acceptors (Lipinski definition) is 8. The van der Waals surface area contributed by atoms with E-state index in [0.717, 1.165) is 36.7 Å². The molecule has 0 saturated carbocycles. The molecule has 2 N–H and O–H groups in total. The normalized spacial score (nSPS) is 18.7. The van der Waals surface area contributed by atoms with Crippen LogP contribution < -0.4 is 10.6 Å². The highest BCUT2D eigenvalue weighted by atomic mass is 16.5. The van der Waals surface area contributed by atoms with Gasteiger partial charge in [0.15, 0.2) is 5.76 Å². The minimum absolute atomic E-state index is 0.351. The molecule has 8 heteroatoms. The summed E-state index contributed by atoms with van der Waals surface area (Å²) in [5.41, 5.74) is 1.67. The van der Waals surface area contributed by atoms with Crippen molar-refractivity contribution in [2.45, 2.75) is 20.3 Å². The number of aryl methyl sites for hydroxylation is 1. The Morgan fingerprint density at radius 2 is 2.26 bits per heavy atom. The maximum absolute atomic E-state index is 6.02. The number of methoxy groups -OCH3 is 1. The summed E-state index contributed by atoms with van der Waals surface area (Å²) in [4.78, 5) is 15.0. The Hall–Kier alpha value is -2.61. The Bertz CT molecular complexity index is 716. The first-order valence-corrected chi connectivity index (χ1v) is 9.00. The standard InChI is InChI=1S/C19H30N6O2/c1-13(22-19-23-14(2)10-17(20-3)24-19)9-16(18(21-4)26-6)27-12-15-7-8-25(5)11-15/h9-10,15H,4,7-8,11-12H2,1-3,5-6H3,(H2,20,22,23,24)/b13-9+,18-16-. The predicted molar refractivity (Wildman–Crippen MR) is 109 cm³/mol. The number of aliphatic imine (C=N–C) groups is 1. The highest BCUT2D eigenvalue weighted by molar-refractivity contribution is 5.45. The van der Waals surface area contributed by atoms with E-state index in [4.69, 9.17) is 9.47 Å². The van der Waals surface area contributed by atoms with Crippen molar-refractivity contribution < 1.29 is 9.47 Å². The fourth-order valence-electron chi connectivity index (χ4n) is 2.94. The van der Waals surface area contributed by atoms with E-state index in [1.807, 2.05) is 33.0 Å². The molecule has 0 spiro atoms. The average Bonchev–Trinajstić information content (AvgIpc) is 3.05. The van der Waals surface area contributed by atoms with Crippen LogP contribution in [-0.4, -0.2) is 62.5 Å². The van der Waals surface area contributed by atoms with Crippen molar-refractivity contribution in [2.75, 3.05) is 51.5 Å². The summed E-state index contributed by atoms with van der Waals surface area (Å²) in [5, 5.41) is 6.21. The lowest BCUT2D eigenvalue weighted by molar-refractivity contribution is 0.153. The number of likely N-dealkylation sites (tertiary alicyclic amines) is 1. The Morgan fingerprint density at radius 1 is 1.48 bits per heavy atom. The number of nitrogens with zero attached hydrogens (tertiary/aromatic N) is 4. The zero-order chi connectivity index (χ0) is 19.8. The lowest BCUT2D eigenvalue weighted by Gasteiger charge is -2.15. The largest absolute Gasteiger partial charge is 0.488 e. The Balaban J connectivity index is 2.13. The van der Waals surface area contributed by atoms with Gasteiger partial charge in [0.2, 0.25) is 5.95 Å². The number of rotatable bonds is 9. The first kappa shape index (κ1) is 20.7. The van der Waals surface area contributed by atoms with Crippen molar-refractivity contribution in [3.63, 3.8) is 0 Å². The van der Waals surface area contributed by atoms with Gasteiger partial charge in [-0.1, -0.05) is 0 Å². The SMILES string of the molecule is C=N/C(OC)=C(\C=C(/C)Nc1nc(C)cc(NC)n1)OCC1CCN(C)C1. The van der Waals surface area contributed by atoms with Gasteiger partial charge in [0.1, 0.15) is 5.82 Å². The topological polar surface area (TPSA) is 83.9 Å². The maximum Gasteiger partial charge on any atom is 0.256 e. The lowest BCUT2D eigenvalue weighted by atomic mass is 10.1. The number of hydrogen-bond donors (Lipinski definition) is 2. The second kappa shape index (κ2) is 9.91. The molecule has 0 bridgehead atoms. The molecule has 0 aliphatic carbocycles. The fourth-order valence-corrected chi connectivity index (χ4v) is 2.94.